The summed E-state index contributed by atoms with van der Waals surface area (Å²) in [5, 5.41) is 38.0. The number of rotatable bonds is 8. The Morgan fingerprint density at radius 1 is 0.830 bits per heavy atom. The number of fused-ring (bicyclic) bond motifs is 1. The minimum absolute atomic E-state index is 0.00677. The molecule has 0 bridgehead atoms. The van der Waals surface area contributed by atoms with Gasteiger partial charge in [0, 0.05) is 10.8 Å². The van der Waals surface area contributed by atoms with Crippen LogP contribution in [0.4, 0.5) is 28.4 Å². The van der Waals surface area contributed by atoms with E-state index in [0.29, 0.717) is 46.0 Å². The summed E-state index contributed by atoms with van der Waals surface area (Å²) in [6.45, 7) is 2.25. The molecule has 234 valence electrons. The Kier molecular flexibility index (Phi) is 11.2. The minimum atomic E-state index is -3.11. The van der Waals surface area contributed by atoms with Gasteiger partial charge in [-0.25, -0.2) is 0 Å². The van der Waals surface area contributed by atoms with Gasteiger partial charge in [0.15, 0.2) is 5.78 Å². The van der Waals surface area contributed by atoms with Crippen molar-refractivity contribution in [2.45, 2.75) is 19.4 Å². The lowest BCUT2D eigenvalue weighted by Crippen LogP contribution is -2.48. The first kappa shape index (κ1) is 33.2. The van der Waals surface area contributed by atoms with E-state index < -0.39 is 28.3 Å². The summed E-state index contributed by atoms with van der Waals surface area (Å²) in [5.41, 5.74) is 3.75. The SMILES string of the molecule is Cc1cc(N=Nc2ccc(N=NC3C(=O)CC(=NC#N)NC3=O)c3ccccc23)ccc1N=Nc1ccc(OC=O)cc1.O=S(=O)=O. The van der Waals surface area contributed by atoms with E-state index in [4.69, 9.17) is 22.6 Å². The highest BCUT2D eigenvalue weighted by molar-refractivity contribution is 7.59. The number of aliphatic imine (C=N–C) groups is 1. The van der Waals surface area contributed by atoms with Gasteiger partial charge in [-0.1, -0.05) is 24.3 Å². The monoisotopic (exact) mass is 651 g/mol. The second-order valence-corrected chi connectivity index (χ2v) is 9.75. The number of hydrogen-bond donors (Lipinski definition) is 1. The van der Waals surface area contributed by atoms with Crippen LogP contribution in [-0.2, 0) is 25.0 Å². The fraction of sp³-hybridized carbons (Fsp3) is 0.100. The van der Waals surface area contributed by atoms with Crippen LogP contribution in [0.15, 0.2) is 115 Å². The third kappa shape index (κ3) is 9.17. The third-order valence-electron chi connectivity index (χ3n) is 6.25. The second-order valence-electron chi connectivity index (χ2n) is 9.34. The van der Waals surface area contributed by atoms with Crippen LogP contribution in [0.1, 0.15) is 12.0 Å². The average molecular weight is 652 g/mol. The van der Waals surface area contributed by atoms with Crippen molar-refractivity contribution in [3.63, 3.8) is 0 Å². The number of carbonyl (C=O) groups is 3. The Labute approximate surface area is 267 Å². The van der Waals surface area contributed by atoms with Gasteiger partial charge < -0.3 is 10.1 Å². The maximum absolute atomic E-state index is 12.4. The van der Waals surface area contributed by atoms with Crippen LogP contribution in [-0.4, -0.2) is 42.7 Å². The molecule has 0 radical (unpaired) electrons. The van der Waals surface area contributed by atoms with Gasteiger partial charge in [-0.15, -0.1) is 17.7 Å². The number of carbonyl (C=O) groups excluding carboxylic acids is 3. The van der Waals surface area contributed by atoms with E-state index in [1.54, 1.807) is 54.7 Å². The zero-order valence-corrected chi connectivity index (χ0v) is 25.0. The Morgan fingerprint density at radius 3 is 2.00 bits per heavy atom. The van der Waals surface area contributed by atoms with Crippen LogP contribution < -0.4 is 10.1 Å². The first-order chi connectivity index (χ1) is 22.7. The van der Waals surface area contributed by atoms with Gasteiger partial charge in [0.25, 0.3) is 12.4 Å². The molecule has 47 heavy (non-hydrogen) atoms. The van der Waals surface area contributed by atoms with Gasteiger partial charge >= 0.3 is 10.6 Å². The zero-order valence-electron chi connectivity index (χ0n) is 24.2. The molecule has 1 unspecified atom stereocenters. The molecule has 5 rings (SSSR count). The van der Waals surface area contributed by atoms with Gasteiger partial charge in [0.2, 0.25) is 12.2 Å². The van der Waals surface area contributed by atoms with Crippen molar-refractivity contribution in [2.24, 2.45) is 35.7 Å². The summed E-state index contributed by atoms with van der Waals surface area (Å²) in [5.74, 6) is -0.780. The molecule has 0 aromatic heterocycles. The summed E-state index contributed by atoms with van der Waals surface area (Å²) < 4.78 is 30.1. The number of hydrogen-bond acceptors (Lipinski definition) is 15. The largest absolute Gasteiger partial charge is 0.429 e. The molecular formula is C30H21N9O7S. The van der Waals surface area contributed by atoms with Crippen LogP contribution in [0.25, 0.3) is 10.8 Å². The summed E-state index contributed by atoms with van der Waals surface area (Å²) in [4.78, 5) is 38.5. The number of amidine groups is 1. The lowest BCUT2D eigenvalue weighted by atomic mass is 10.1. The first-order valence-corrected chi connectivity index (χ1v) is 14.3. The number of aryl methyl sites for hydroxylation is 1. The number of ketones is 1. The predicted octanol–water partition coefficient (Wildman–Crippen LogP) is 5.93. The topological polar surface area (TPSA) is 234 Å². The number of Topliss-reactive ketones (excluding diaryl/α,β-unsaturated/α-hetero) is 1. The van der Waals surface area contributed by atoms with E-state index >= 15 is 0 Å². The van der Waals surface area contributed by atoms with Crippen molar-refractivity contribution in [2.75, 3.05) is 0 Å². The van der Waals surface area contributed by atoms with E-state index in [1.165, 1.54) is 0 Å². The molecule has 17 heteroatoms. The molecule has 4 aromatic rings. The van der Waals surface area contributed by atoms with Crippen LogP contribution in [0.3, 0.4) is 0 Å². The molecule has 0 aliphatic carbocycles. The van der Waals surface area contributed by atoms with Crippen molar-refractivity contribution >= 4 is 73.8 Å². The quantitative estimate of drug-likeness (QED) is 0.103. The lowest BCUT2D eigenvalue weighted by Gasteiger charge is -2.17. The fourth-order valence-electron chi connectivity index (χ4n) is 4.15. The molecule has 16 nitrogen and oxygen atoms in total. The lowest BCUT2D eigenvalue weighted by molar-refractivity contribution is -0.130. The van der Waals surface area contributed by atoms with Crippen molar-refractivity contribution in [3.8, 4) is 11.9 Å². The number of nitrogens with zero attached hydrogens (tertiary/aromatic N) is 8. The second kappa shape index (κ2) is 15.9. The highest BCUT2D eigenvalue weighted by Crippen LogP contribution is 2.35. The smallest absolute Gasteiger partial charge is 0.425 e. The summed E-state index contributed by atoms with van der Waals surface area (Å²) >= 11 is 0. The molecule has 0 saturated carbocycles. The normalized spacial score (nSPS) is 15.4. The van der Waals surface area contributed by atoms with Gasteiger partial charge in [0.05, 0.1) is 34.9 Å². The number of nitriles is 1. The fourth-order valence-corrected chi connectivity index (χ4v) is 4.15. The Hall–Kier alpha value is -6.67. The summed E-state index contributed by atoms with van der Waals surface area (Å²) in [6.07, 6.45) is 1.34. The Bertz CT molecular complexity index is 2100. The van der Waals surface area contributed by atoms with E-state index in [0.717, 1.165) is 10.9 Å². The molecule has 1 heterocycles. The van der Waals surface area contributed by atoms with Crippen LogP contribution in [0.5, 0.6) is 5.75 Å². The van der Waals surface area contributed by atoms with Gasteiger partial charge in [-0.05, 0) is 67.1 Å². The van der Waals surface area contributed by atoms with E-state index in [2.05, 4.69) is 41.0 Å². The standard InChI is InChI=1S/C30H21N9O4.O3S/c1-18-14-20(8-11-24(18)36-34-19-6-9-21(10-7-19)43-17-40)35-37-25-12-13-26(23-5-3-2-4-22(23)25)38-39-29-27(41)15-28(32-16-31)33-30(29)42;1-4(2)3/h2-14,17,29H,15H2,1H3,(H,32,33,42);. The maximum atomic E-state index is 12.4. The number of piperidine rings is 1. The molecule has 1 aliphatic heterocycles. The minimum Gasteiger partial charge on any atom is -0.429 e. The molecule has 1 amide bonds. The Balaban J connectivity index is 0.00000118. The molecule has 1 N–H and O–H groups in total. The van der Waals surface area contributed by atoms with E-state index in [-0.39, 0.29) is 12.3 Å². The van der Waals surface area contributed by atoms with Gasteiger partial charge in [-0.2, -0.15) is 35.8 Å². The van der Waals surface area contributed by atoms with Crippen molar-refractivity contribution in [1.29, 1.82) is 5.26 Å². The molecule has 1 saturated heterocycles. The highest BCUT2D eigenvalue weighted by atomic mass is 32.2. The van der Waals surface area contributed by atoms with Crippen molar-refractivity contribution in [3.05, 3.63) is 84.4 Å². The molecule has 1 atom stereocenters. The summed E-state index contributed by atoms with van der Waals surface area (Å²) in [6, 6.07) is 21.5. The molecule has 1 aliphatic rings. The van der Waals surface area contributed by atoms with Crippen LogP contribution >= 0.6 is 0 Å². The Morgan fingerprint density at radius 2 is 1.40 bits per heavy atom. The summed E-state index contributed by atoms with van der Waals surface area (Å²) in [7, 11) is -3.11. The predicted molar refractivity (Wildman–Crippen MR) is 165 cm³/mol. The first-order valence-electron chi connectivity index (χ1n) is 13.3. The van der Waals surface area contributed by atoms with Gasteiger partial charge in [0.1, 0.15) is 11.6 Å². The number of azo groups is 3. The highest BCUT2D eigenvalue weighted by Gasteiger charge is 2.33. The number of ether oxygens (including phenoxy) is 1. The van der Waals surface area contributed by atoms with E-state index in [9.17, 15) is 14.4 Å². The average Bonchev–Trinajstić information content (AvgIpc) is 3.04. The van der Waals surface area contributed by atoms with E-state index in [1.807, 2.05) is 37.3 Å². The number of benzene rings is 4. The molecule has 4 aromatic carbocycles. The molecule has 0 spiro atoms. The zero-order chi connectivity index (χ0) is 33.8. The molecule has 1 fully saturated rings. The number of amides is 1. The third-order valence-corrected chi connectivity index (χ3v) is 6.25. The van der Waals surface area contributed by atoms with Crippen LogP contribution in [0.2, 0.25) is 0 Å². The van der Waals surface area contributed by atoms with Crippen molar-refractivity contribution in [1.82, 2.24) is 5.32 Å². The van der Waals surface area contributed by atoms with Crippen LogP contribution in [0, 0.1) is 18.4 Å². The van der Waals surface area contributed by atoms with Gasteiger partial charge in [-0.3, -0.25) is 14.4 Å². The maximum Gasteiger partial charge on any atom is 0.425 e. The molecular weight excluding hydrogens is 630 g/mol. The van der Waals surface area contributed by atoms with Crippen molar-refractivity contribution < 1.29 is 31.7 Å². The number of nitrogens with one attached hydrogen (secondary N) is 1.